The Bertz CT molecular complexity index is 353. The molecule has 1 heterocycles. The van der Waals surface area contributed by atoms with Gasteiger partial charge >= 0.3 is 11.9 Å². The zero-order valence-electron chi connectivity index (χ0n) is 9.58. The molecule has 10 heteroatoms. The summed E-state index contributed by atoms with van der Waals surface area (Å²) in [4.78, 5) is 21.1. The Hall–Kier alpha value is -0.910. The minimum atomic E-state index is -2.24. The predicted molar refractivity (Wildman–Crippen MR) is 62.5 cm³/mol. The Morgan fingerprint density at radius 1 is 1.11 bits per heavy atom. The van der Waals surface area contributed by atoms with Crippen LogP contribution >= 0.6 is 11.8 Å². The van der Waals surface area contributed by atoms with Gasteiger partial charge in [-0.2, -0.15) is 0 Å². The van der Waals surface area contributed by atoms with Crippen molar-refractivity contribution in [2.45, 2.75) is 35.8 Å². The summed E-state index contributed by atoms with van der Waals surface area (Å²) in [5.74, 6) is -2.71. The molecule has 6 atom stereocenters. The van der Waals surface area contributed by atoms with Crippen molar-refractivity contribution < 1.29 is 40.2 Å². The first-order valence-electron chi connectivity index (χ1n) is 5.31. The first-order chi connectivity index (χ1) is 8.75. The number of hydrogen-bond donors (Lipinski definition) is 7. The lowest BCUT2D eigenvalue weighted by molar-refractivity contribution is -0.162. The molecule has 0 aliphatic carbocycles. The maximum Gasteiger partial charge on any atom is 0.335 e. The third-order valence-corrected chi connectivity index (χ3v) is 3.99. The molecule has 1 aliphatic rings. The molecule has 110 valence electrons. The Morgan fingerprint density at radius 2 is 1.68 bits per heavy atom. The van der Waals surface area contributed by atoms with Crippen LogP contribution in [0.15, 0.2) is 0 Å². The van der Waals surface area contributed by atoms with E-state index in [4.69, 9.17) is 15.3 Å². The topological polar surface area (TPSA) is 168 Å². The highest BCUT2D eigenvalue weighted by Crippen LogP contribution is 2.24. The number of carboxylic acids is 2. The molecular weight excluding hydrogens is 282 g/mol. The second kappa shape index (κ2) is 6.50. The van der Waals surface area contributed by atoms with Gasteiger partial charge in [0.25, 0.3) is 0 Å². The summed E-state index contributed by atoms with van der Waals surface area (Å²) in [6.07, 6.45) is -7.88. The van der Waals surface area contributed by atoms with Crippen LogP contribution in [0.3, 0.4) is 0 Å². The van der Waals surface area contributed by atoms with Gasteiger partial charge in [0.1, 0.15) is 24.4 Å². The van der Waals surface area contributed by atoms with Crippen LogP contribution in [0.25, 0.3) is 0 Å². The van der Waals surface area contributed by atoms with Gasteiger partial charge in [0.2, 0.25) is 0 Å². The number of hydrogen-bond acceptors (Lipinski definition) is 8. The van der Waals surface area contributed by atoms with E-state index >= 15 is 0 Å². The van der Waals surface area contributed by atoms with Crippen molar-refractivity contribution in [1.29, 1.82) is 0 Å². The van der Waals surface area contributed by atoms with Crippen LogP contribution in [0.2, 0.25) is 0 Å². The summed E-state index contributed by atoms with van der Waals surface area (Å²) >= 11 is 1.01. The summed E-state index contributed by atoms with van der Waals surface area (Å²) in [6.45, 7) is 0. The van der Waals surface area contributed by atoms with E-state index in [-0.39, 0.29) is 5.75 Å². The number of thioether (sulfide) groups is 1. The van der Waals surface area contributed by atoms with Crippen LogP contribution in [0, 0.1) is 0 Å². The molecule has 0 spiro atoms. The highest BCUT2D eigenvalue weighted by atomic mass is 32.2. The fraction of sp³-hybridized carbons (Fsp3) is 0.778. The normalized spacial score (nSPS) is 29.5. The number of nitrogens with one attached hydrogen (secondary N) is 1. The van der Waals surface area contributed by atoms with Crippen molar-refractivity contribution in [2.24, 2.45) is 0 Å². The fourth-order valence-electron chi connectivity index (χ4n) is 1.55. The molecule has 1 rings (SSSR count). The predicted octanol–water partition coefficient (Wildman–Crippen LogP) is -3.37. The highest BCUT2D eigenvalue weighted by molar-refractivity contribution is 8.00. The average Bonchev–Trinajstić information content (AvgIpc) is 2.84. The maximum absolute atomic E-state index is 10.7. The SMILES string of the molecule is O=C(O)[C@@H]1CS[C@H]([C@@H](O)[C@@H](O)[C@@H](O)[C@@H](O)C(=O)O)N1. The van der Waals surface area contributed by atoms with Crippen molar-refractivity contribution in [3.63, 3.8) is 0 Å². The highest BCUT2D eigenvalue weighted by Gasteiger charge is 2.41. The zero-order chi connectivity index (χ0) is 14.7. The van der Waals surface area contributed by atoms with Gasteiger partial charge in [-0.25, -0.2) is 4.79 Å². The Balaban J connectivity index is 2.60. The third-order valence-electron chi connectivity index (χ3n) is 2.69. The van der Waals surface area contributed by atoms with Crippen molar-refractivity contribution in [3.05, 3.63) is 0 Å². The van der Waals surface area contributed by atoms with Crippen LogP contribution in [0.4, 0.5) is 0 Å². The average molecular weight is 297 g/mol. The number of rotatable bonds is 6. The first-order valence-corrected chi connectivity index (χ1v) is 6.36. The van der Waals surface area contributed by atoms with Gasteiger partial charge in [0, 0.05) is 5.75 Å². The molecule has 0 aromatic heterocycles. The van der Waals surface area contributed by atoms with E-state index in [9.17, 15) is 24.9 Å². The zero-order valence-corrected chi connectivity index (χ0v) is 10.4. The minimum Gasteiger partial charge on any atom is -0.480 e. The maximum atomic E-state index is 10.7. The monoisotopic (exact) mass is 297 g/mol. The Labute approximate surface area is 111 Å². The van der Waals surface area contributed by atoms with Crippen molar-refractivity contribution in [2.75, 3.05) is 5.75 Å². The number of aliphatic hydroxyl groups excluding tert-OH is 4. The van der Waals surface area contributed by atoms with Crippen LogP contribution < -0.4 is 5.32 Å². The summed E-state index contributed by atoms with van der Waals surface area (Å²) in [7, 11) is 0. The number of aliphatic carboxylic acids is 2. The molecule has 1 aliphatic heterocycles. The Morgan fingerprint density at radius 3 is 2.11 bits per heavy atom. The molecule has 9 nitrogen and oxygen atoms in total. The fourth-order valence-corrected chi connectivity index (χ4v) is 2.81. The third kappa shape index (κ3) is 3.78. The van der Waals surface area contributed by atoms with Gasteiger partial charge in [-0.1, -0.05) is 0 Å². The van der Waals surface area contributed by atoms with Gasteiger partial charge in [-0.05, 0) is 0 Å². The number of carbonyl (C=O) groups is 2. The molecule has 0 radical (unpaired) electrons. The van der Waals surface area contributed by atoms with Gasteiger partial charge in [0.15, 0.2) is 6.10 Å². The molecule has 1 saturated heterocycles. The quantitative estimate of drug-likeness (QED) is 0.263. The van der Waals surface area contributed by atoms with Crippen LogP contribution in [0.5, 0.6) is 0 Å². The van der Waals surface area contributed by atoms with E-state index < -0.39 is 47.8 Å². The van der Waals surface area contributed by atoms with E-state index in [1.807, 2.05) is 0 Å². The van der Waals surface area contributed by atoms with Crippen molar-refractivity contribution in [3.8, 4) is 0 Å². The van der Waals surface area contributed by atoms with Gasteiger partial charge in [0.05, 0.1) is 5.37 Å². The molecule has 0 saturated carbocycles. The molecule has 0 amide bonds. The summed E-state index contributed by atoms with van der Waals surface area (Å²) < 4.78 is 0. The second-order valence-electron chi connectivity index (χ2n) is 4.07. The molecular formula is C9H15NO8S. The summed E-state index contributed by atoms with van der Waals surface area (Å²) in [5.41, 5.74) is 0. The molecule has 0 aromatic carbocycles. The van der Waals surface area contributed by atoms with E-state index in [0.29, 0.717) is 0 Å². The first kappa shape index (κ1) is 16.1. The Kier molecular flexibility index (Phi) is 5.52. The van der Waals surface area contributed by atoms with Crippen LogP contribution in [-0.4, -0.2) is 84.2 Å². The standard InChI is InChI=1S/C9H15NO8S/c11-3(4(12)6(14)9(17)18)5(13)7-10-2(1-19-7)8(15)16/h2-7,10-14H,1H2,(H,15,16)(H,17,18)/t2-,3-,4+,5-,6+,7+/m0/s1. The van der Waals surface area contributed by atoms with E-state index in [0.717, 1.165) is 11.8 Å². The molecule has 19 heavy (non-hydrogen) atoms. The largest absolute Gasteiger partial charge is 0.480 e. The summed E-state index contributed by atoms with van der Waals surface area (Å²) in [5, 5.41) is 56.5. The van der Waals surface area contributed by atoms with E-state index in [1.54, 1.807) is 0 Å². The molecule has 0 aromatic rings. The lowest BCUT2D eigenvalue weighted by atomic mass is 10.0. The van der Waals surface area contributed by atoms with E-state index in [1.165, 1.54) is 0 Å². The lowest BCUT2D eigenvalue weighted by Gasteiger charge is -2.28. The van der Waals surface area contributed by atoms with Gasteiger partial charge in [-0.15, -0.1) is 11.8 Å². The van der Waals surface area contributed by atoms with Crippen molar-refractivity contribution >= 4 is 23.7 Å². The molecule has 1 fully saturated rings. The number of aliphatic hydroxyl groups is 4. The molecule has 0 unspecified atom stereocenters. The summed E-state index contributed by atoms with van der Waals surface area (Å²) in [6, 6.07) is -0.904. The number of carboxylic acid groups (broad SMARTS) is 2. The smallest absolute Gasteiger partial charge is 0.335 e. The second-order valence-corrected chi connectivity index (χ2v) is 5.24. The molecule has 7 N–H and O–H groups in total. The minimum absolute atomic E-state index is 0.154. The van der Waals surface area contributed by atoms with Gasteiger partial charge in [-0.3, -0.25) is 10.1 Å². The van der Waals surface area contributed by atoms with Gasteiger partial charge < -0.3 is 30.6 Å². The van der Waals surface area contributed by atoms with Crippen LogP contribution in [-0.2, 0) is 9.59 Å². The lowest BCUT2D eigenvalue weighted by Crippen LogP contribution is -2.53. The molecule has 0 bridgehead atoms. The van der Waals surface area contributed by atoms with Crippen molar-refractivity contribution in [1.82, 2.24) is 5.32 Å². The van der Waals surface area contributed by atoms with E-state index in [2.05, 4.69) is 5.32 Å². The van der Waals surface area contributed by atoms with Crippen LogP contribution in [0.1, 0.15) is 0 Å².